The SMILES string of the molecule is CCC(C)c1ccccc1NC(=O)C(C)N1CCN(Cc2ccc3c(c2)CCO3)CC1. The molecule has 166 valence electrons. The van der Waals surface area contributed by atoms with Crippen molar-refractivity contribution in [3.8, 4) is 5.75 Å². The quantitative estimate of drug-likeness (QED) is 0.725. The zero-order chi connectivity index (χ0) is 21.8. The van der Waals surface area contributed by atoms with Gasteiger partial charge < -0.3 is 10.1 Å². The molecule has 0 spiro atoms. The van der Waals surface area contributed by atoms with Crippen LogP contribution in [0.4, 0.5) is 5.69 Å². The van der Waals surface area contributed by atoms with Crippen LogP contribution in [0.15, 0.2) is 42.5 Å². The van der Waals surface area contributed by atoms with Crippen molar-refractivity contribution < 1.29 is 9.53 Å². The number of hydrogen-bond donors (Lipinski definition) is 1. The Hall–Kier alpha value is -2.37. The number of piperazine rings is 1. The largest absolute Gasteiger partial charge is 0.493 e. The Bertz CT molecular complexity index is 905. The fourth-order valence-corrected chi connectivity index (χ4v) is 4.57. The number of rotatable bonds is 7. The standard InChI is InChI=1S/C26H35N3O2/c1-4-19(2)23-7-5-6-8-24(23)27-26(30)20(3)29-14-12-28(13-15-29)18-21-9-10-25-22(17-21)11-16-31-25/h5-10,17,19-20H,4,11-16,18H2,1-3H3,(H,27,30). The Kier molecular flexibility index (Phi) is 6.93. The van der Waals surface area contributed by atoms with Crippen LogP contribution >= 0.6 is 0 Å². The third-order valence-corrected chi connectivity index (χ3v) is 6.86. The van der Waals surface area contributed by atoms with Crippen LogP contribution in [0, 0.1) is 0 Å². The highest BCUT2D eigenvalue weighted by atomic mass is 16.5. The minimum absolute atomic E-state index is 0.0859. The van der Waals surface area contributed by atoms with E-state index in [0.29, 0.717) is 5.92 Å². The van der Waals surface area contributed by atoms with E-state index in [1.54, 1.807) is 0 Å². The van der Waals surface area contributed by atoms with Crippen LogP contribution in [-0.4, -0.2) is 54.5 Å². The van der Waals surface area contributed by atoms with Gasteiger partial charge in [-0.2, -0.15) is 0 Å². The van der Waals surface area contributed by atoms with Crippen molar-refractivity contribution in [2.24, 2.45) is 0 Å². The molecule has 2 aliphatic rings. The third kappa shape index (κ3) is 5.10. The second-order valence-electron chi connectivity index (χ2n) is 8.91. The molecule has 2 heterocycles. The molecule has 2 aromatic carbocycles. The molecule has 2 aliphatic heterocycles. The summed E-state index contributed by atoms with van der Waals surface area (Å²) in [5.41, 5.74) is 4.85. The summed E-state index contributed by atoms with van der Waals surface area (Å²) >= 11 is 0. The van der Waals surface area contributed by atoms with E-state index in [9.17, 15) is 4.79 Å². The van der Waals surface area contributed by atoms with Gasteiger partial charge in [0, 0.05) is 44.8 Å². The maximum atomic E-state index is 13.0. The van der Waals surface area contributed by atoms with E-state index in [2.05, 4.69) is 53.2 Å². The number of fused-ring (bicyclic) bond motifs is 1. The van der Waals surface area contributed by atoms with Crippen molar-refractivity contribution in [1.29, 1.82) is 0 Å². The minimum Gasteiger partial charge on any atom is -0.493 e. The molecule has 5 heteroatoms. The molecule has 2 aromatic rings. The summed E-state index contributed by atoms with van der Waals surface area (Å²) in [6.45, 7) is 12.0. The molecule has 0 aromatic heterocycles. The number of anilines is 1. The zero-order valence-corrected chi connectivity index (χ0v) is 19.1. The van der Waals surface area contributed by atoms with Crippen molar-refractivity contribution in [2.75, 3.05) is 38.1 Å². The number of hydrogen-bond acceptors (Lipinski definition) is 4. The number of benzene rings is 2. The van der Waals surface area contributed by atoms with Crippen molar-refractivity contribution in [3.05, 3.63) is 59.2 Å². The van der Waals surface area contributed by atoms with Crippen LogP contribution in [0.2, 0.25) is 0 Å². The van der Waals surface area contributed by atoms with Gasteiger partial charge in [0.1, 0.15) is 5.75 Å². The van der Waals surface area contributed by atoms with E-state index in [1.807, 2.05) is 25.1 Å². The number of nitrogens with one attached hydrogen (secondary N) is 1. The van der Waals surface area contributed by atoms with Crippen LogP contribution in [0.25, 0.3) is 0 Å². The molecule has 0 bridgehead atoms. The molecule has 2 atom stereocenters. The Labute approximate surface area is 186 Å². The molecule has 5 nitrogen and oxygen atoms in total. The molecular weight excluding hydrogens is 386 g/mol. The molecule has 0 radical (unpaired) electrons. The molecule has 0 saturated carbocycles. The predicted octanol–water partition coefficient (Wildman–Crippen LogP) is 4.28. The van der Waals surface area contributed by atoms with Gasteiger partial charge in [0.05, 0.1) is 12.6 Å². The van der Waals surface area contributed by atoms with Gasteiger partial charge in [0.15, 0.2) is 0 Å². The number of para-hydroxylation sites is 1. The molecule has 0 aliphatic carbocycles. The van der Waals surface area contributed by atoms with Gasteiger partial charge >= 0.3 is 0 Å². The van der Waals surface area contributed by atoms with E-state index in [1.165, 1.54) is 16.7 Å². The molecule has 1 amide bonds. The highest BCUT2D eigenvalue weighted by molar-refractivity contribution is 5.95. The molecule has 2 unspecified atom stereocenters. The minimum atomic E-state index is -0.135. The maximum Gasteiger partial charge on any atom is 0.241 e. The second kappa shape index (κ2) is 9.84. The average Bonchev–Trinajstić information content (AvgIpc) is 3.27. The zero-order valence-electron chi connectivity index (χ0n) is 19.1. The summed E-state index contributed by atoms with van der Waals surface area (Å²) in [6, 6.07) is 14.6. The van der Waals surface area contributed by atoms with E-state index in [4.69, 9.17) is 4.74 Å². The lowest BCUT2D eigenvalue weighted by Gasteiger charge is -2.37. The van der Waals surface area contributed by atoms with E-state index >= 15 is 0 Å². The Balaban J connectivity index is 1.30. The normalized spacial score (nSPS) is 18.8. The fourth-order valence-electron chi connectivity index (χ4n) is 4.57. The molecular formula is C26H35N3O2. The van der Waals surface area contributed by atoms with Gasteiger partial charge in [0.2, 0.25) is 5.91 Å². The topological polar surface area (TPSA) is 44.8 Å². The summed E-state index contributed by atoms with van der Waals surface area (Å²) in [5, 5.41) is 3.19. The smallest absolute Gasteiger partial charge is 0.241 e. The first kappa shape index (κ1) is 21.8. The summed E-state index contributed by atoms with van der Waals surface area (Å²) in [4.78, 5) is 17.8. The number of ether oxygens (including phenoxy) is 1. The average molecular weight is 422 g/mol. The van der Waals surface area contributed by atoms with Crippen LogP contribution < -0.4 is 10.1 Å². The van der Waals surface area contributed by atoms with Gasteiger partial charge in [-0.25, -0.2) is 0 Å². The number of carbonyl (C=O) groups excluding carboxylic acids is 1. The highest BCUT2D eigenvalue weighted by Gasteiger charge is 2.26. The molecule has 1 N–H and O–H groups in total. The van der Waals surface area contributed by atoms with E-state index in [-0.39, 0.29) is 11.9 Å². The lowest BCUT2D eigenvalue weighted by molar-refractivity contribution is -0.121. The first-order chi connectivity index (χ1) is 15.0. The van der Waals surface area contributed by atoms with Gasteiger partial charge in [-0.15, -0.1) is 0 Å². The van der Waals surface area contributed by atoms with Gasteiger partial charge in [0.25, 0.3) is 0 Å². The molecule has 31 heavy (non-hydrogen) atoms. The number of carbonyl (C=O) groups is 1. The van der Waals surface area contributed by atoms with Crippen LogP contribution in [-0.2, 0) is 17.8 Å². The third-order valence-electron chi connectivity index (χ3n) is 6.86. The summed E-state index contributed by atoms with van der Waals surface area (Å²) in [7, 11) is 0. The number of amides is 1. The summed E-state index contributed by atoms with van der Waals surface area (Å²) in [5.74, 6) is 1.56. The van der Waals surface area contributed by atoms with Crippen molar-refractivity contribution in [1.82, 2.24) is 9.80 Å². The summed E-state index contributed by atoms with van der Waals surface area (Å²) in [6.07, 6.45) is 2.07. The van der Waals surface area contributed by atoms with Gasteiger partial charge in [-0.1, -0.05) is 44.2 Å². The van der Waals surface area contributed by atoms with Crippen molar-refractivity contribution in [2.45, 2.75) is 52.1 Å². The second-order valence-corrected chi connectivity index (χ2v) is 8.91. The highest BCUT2D eigenvalue weighted by Crippen LogP contribution is 2.28. The van der Waals surface area contributed by atoms with Gasteiger partial charge in [-0.05, 0) is 48.1 Å². The lowest BCUT2D eigenvalue weighted by atomic mass is 9.97. The Morgan fingerprint density at radius 3 is 2.65 bits per heavy atom. The van der Waals surface area contributed by atoms with E-state index < -0.39 is 0 Å². The van der Waals surface area contributed by atoms with Gasteiger partial charge in [-0.3, -0.25) is 14.6 Å². The maximum absolute atomic E-state index is 13.0. The van der Waals surface area contributed by atoms with E-state index in [0.717, 1.165) is 63.6 Å². The summed E-state index contributed by atoms with van der Waals surface area (Å²) < 4.78 is 5.62. The first-order valence-electron chi connectivity index (χ1n) is 11.7. The first-order valence-corrected chi connectivity index (χ1v) is 11.7. The van der Waals surface area contributed by atoms with Crippen LogP contribution in [0.3, 0.4) is 0 Å². The predicted molar refractivity (Wildman–Crippen MR) is 126 cm³/mol. The van der Waals surface area contributed by atoms with Crippen molar-refractivity contribution >= 4 is 11.6 Å². The lowest BCUT2D eigenvalue weighted by Crippen LogP contribution is -2.52. The monoisotopic (exact) mass is 421 g/mol. The Morgan fingerprint density at radius 2 is 1.87 bits per heavy atom. The number of nitrogens with zero attached hydrogens (tertiary/aromatic N) is 2. The fraction of sp³-hybridized carbons (Fsp3) is 0.500. The molecule has 1 fully saturated rings. The Morgan fingerprint density at radius 1 is 1.10 bits per heavy atom. The van der Waals surface area contributed by atoms with Crippen LogP contribution in [0.1, 0.15) is 49.8 Å². The van der Waals surface area contributed by atoms with Crippen molar-refractivity contribution in [3.63, 3.8) is 0 Å². The molecule has 4 rings (SSSR count). The van der Waals surface area contributed by atoms with Crippen LogP contribution in [0.5, 0.6) is 5.75 Å². The molecule has 1 saturated heterocycles.